The van der Waals surface area contributed by atoms with E-state index in [2.05, 4.69) is 4.74 Å². The van der Waals surface area contributed by atoms with E-state index in [1.165, 1.54) is 13.8 Å². The smallest absolute Gasteiger partial charge is 0.323 e. The Morgan fingerprint density at radius 1 is 1.29 bits per heavy atom. The molecule has 0 spiro atoms. The van der Waals surface area contributed by atoms with Crippen molar-refractivity contribution < 1.29 is 25.3 Å². The quantitative estimate of drug-likeness (QED) is 0.481. The van der Waals surface area contributed by atoms with Crippen LogP contribution in [0, 0.1) is 5.92 Å². The van der Waals surface area contributed by atoms with E-state index in [1.807, 2.05) is 0 Å². The third-order valence-corrected chi connectivity index (χ3v) is 1.49. The van der Waals surface area contributed by atoms with Gasteiger partial charge in [0.25, 0.3) is 0 Å². The van der Waals surface area contributed by atoms with Crippen molar-refractivity contribution in [1.29, 1.82) is 0 Å². The maximum absolute atomic E-state index is 11.1. The molecule has 0 aliphatic heterocycles. The van der Waals surface area contributed by atoms with Crippen LogP contribution in [0.25, 0.3) is 0 Å². The molecule has 2 unspecified atom stereocenters. The van der Waals surface area contributed by atoms with E-state index in [4.69, 9.17) is 1.37 Å². The van der Waals surface area contributed by atoms with E-state index >= 15 is 0 Å². The fourth-order valence-electron chi connectivity index (χ4n) is 0.549. The van der Waals surface area contributed by atoms with Crippen LogP contribution in [0.4, 0.5) is 0 Å². The number of hydrogen-bond acceptors (Lipinski definition) is 5. The molecular formula is C9H12O5. The van der Waals surface area contributed by atoms with Gasteiger partial charge in [0.15, 0.2) is 0 Å². The van der Waals surface area contributed by atoms with Gasteiger partial charge in [0.2, 0.25) is 0 Å². The highest BCUT2D eigenvalue weighted by Gasteiger charge is 2.22. The summed E-state index contributed by atoms with van der Waals surface area (Å²) in [5.41, 5.74) is 0. The first-order chi connectivity index (χ1) is 6.77. The van der Waals surface area contributed by atoms with Gasteiger partial charge in [0, 0.05) is 1.37 Å². The van der Waals surface area contributed by atoms with Crippen molar-refractivity contribution in [2.24, 2.45) is 5.92 Å². The molecule has 0 fully saturated rings. The molecule has 0 aromatic rings. The van der Waals surface area contributed by atoms with Gasteiger partial charge in [-0.2, -0.15) is 0 Å². The molecule has 0 saturated heterocycles. The zero-order chi connectivity index (χ0) is 12.2. The van der Waals surface area contributed by atoms with Crippen LogP contribution in [0.2, 0.25) is 0 Å². The van der Waals surface area contributed by atoms with Crippen LogP contribution in [-0.4, -0.2) is 23.5 Å². The zero-order valence-electron chi connectivity index (χ0n) is 9.20. The predicted molar refractivity (Wildman–Crippen MR) is 46.2 cm³/mol. The number of ether oxygens (including phenoxy) is 1. The van der Waals surface area contributed by atoms with Crippen LogP contribution in [0.1, 0.15) is 28.5 Å². The summed E-state index contributed by atoms with van der Waals surface area (Å²) in [4.78, 5) is 43.4. The molecule has 0 amide bonds. The fourth-order valence-corrected chi connectivity index (χ4v) is 0.549. The average molecular weight is 201 g/mol. The number of rotatable bonds is 4. The summed E-state index contributed by atoms with van der Waals surface area (Å²) in [6.45, 7) is 3.50. The number of carbonyl (C=O) groups excluding carboxylic acids is 4. The molecule has 0 N–H and O–H groups in total. The molecular weight excluding hydrogens is 188 g/mol. The lowest BCUT2D eigenvalue weighted by atomic mass is 10.1. The van der Waals surface area contributed by atoms with E-state index in [0.29, 0.717) is 0 Å². The number of hydrogen-bond donors (Lipinski definition) is 0. The minimum absolute atomic E-state index is 0.447. The van der Waals surface area contributed by atoms with Crippen molar-refractivity contribution in [1.82, 2.24) is 0 Å². The van der Waals surface area contributed by atoms with Crippen molar-refractivity contribution in [3.05, 3.63) is 0 Å². The minimum Gasteiger partial charge on any atom is -0.392 e. The van der Waals surface area contributed by atoms with E-state index in [9.17, 15) is 19.2 Å². The third-order valence-electron chi connectivity index (χ3n) is 1.49. The summed E-state index contributed by atoms with van der Waals surface area (Å²) in [6.07, 6.45) is -1.73. The lowest BCUT2D eigenvalue weighted by molar-refractivity contribution is -0.163. The highest BCUT2D eigenvalue weighted by molar-refractivity contribution is 6.03. The lowest BCUT2D eigenvalue weighted by Gasteiger charge is -2.05. The second kappa shape index (κ2) is 5.26. The normalized spacial score (nSPS) is 14.9. The Balaban J connectivity index is 4.37. The average Bonchev–Trinajstić information content (AvgIpc) is 2.14. The second-order valence-electron chi connectivity index (χ2n) is 2.83. The molecule has 0 aliphatic rings. The first-order valence-corrected chi connectivity index (χ1v) is 3.96. The molecule has 2 atom stereocenters. The molecule has 5 heteroatoms. The minimum atomic E-state index is -1.73. The fraction of sp³-hybridized carbons (Fsp3) is 0.556. The monoisotopic (exact) mass is 201 g/mol. The van der Waals surface area contributed by atoms with Crippen LogP contribution in [0.5, 0.6) is 0 Å². The zero-order valence-corrected chi connectivity index (χ0v) is 8.20. The maximum Gasteiger partial charge on any atom is 0.323 e. The van der Waals surface area contributed by atoms with Crippen LogP contribution in [-0.2, 0) is 23.9 Å². The molecule has 0 heterocycles. The molecule has 0 aromatic heterocycles. The molecule has 0 aliphatic carbocycles. The molecule has 14 heavy (non-hydrogen) atoms. The molecule has 0 bridgehead atoms. The van der Waals surface area contributed by atoms with Gasteiger partial charge in [0.1, 0.15) is 23.9 Å². The Bertz CT molecular complexity index is 280. The largest absolute Gasteiger partial charge is 0.392 e. The van der Waals surface area contributed by atoms with Crippen molar-refractivity contribution >= 4 is 23.5 Å². The van der Waals surface area contributed by atoms with Crippen molar-refractivity contribution in [2.45, 2.75) is 27.2 Å². The highest BCUT2D eigenvalue weighted by Crippen LogP contribution is 2.01. The second-order valence-corrected chi connectivity index (χ2v) is 2.83. The molecule has 0 radical (unpaired) electrons. The van der Waals surface area contributed by atoms with E-state index in [0.717, 1.165) is 6.92 Å². The van der Waals surface area contributed by atoms with Crippen molar-refractivity contribution in [3.8, 4) is 0 Å². The highest BCUT2D eigenvalue weighted by atomic mass is 16.6. The Kier molecular flexibility index (Phi) is 3.97. The third kappa shape index (κ3) is 4.49. The van der Waals surface area contributed by atoms with Gasteiger partial charge in [-0.3, -0.25) is 19.2 Å². The van der Waals surface area contributed by atoms with Crippen LogP contribution in [0.3, 0.4) is 0 Å². The molecule has 0 rings (SSSR count). The van der Waals surface area contributed by atoms with E-state index < -0.39 is 35.8 Å². The van der Waals surface area contributed by atoms with Gasteiger partial charge in [-0.25, -0.2) is 0 Å². The summed E-state index contributed by atoms with van der Waals surface area (Å²) in [5, 5.41) is 0. The van der Waals surface area contributed by atoms with Crippen molar-refractivity contribution in [3.63, 3.8) is 0 Å². The topological polar surface area (TPSA) is 77.5 Å². The lowest BCUT2D eigenvalue weighted by Crippen LogP contribution is -2.24. The Morgan fingerprint density at radius 2 is 1.79 bits per heavy atom. The summed E-state index contributed by atoms with van der Waals surface area (Å²) < 4.78 is 11.2. The van der Waals surface area contributed by atoms with Crippen LogP contribution in [0.15, 0.2) is 0 Å². The first-order valence-electron chi connectivity index (χ1n) is 4.53. The van der Waals surface area contributed by atoms with Gasteiger partial charge in [0.05, 0.1) is 0 Å². The van der Waals surface area contributed by atoms with Gasteiger partial charge in [-0.05, 0) is 20.8 Å². The number of esters is 2. The molecule has 78 valence electrons. The first kappa shape index (κ1) is 10.6. The Morgan fingerprint density at radius 3 is 2.14 bits per heavy atom. The van der Waals surface area contributed by atoms with Crippen LogP contribution < -0.4 is 0 Å². The summed E-state index contributed by atoms with van der Waals surface area (Å²) in [6, 6.07) is 0. The van der Waals surface area contributed by atoms with E-state index in [-0.39, 0.29) is 0 Å². The standard InChI is InChI=1S/C9H12O5/c1-5(10)4-8(12)14-9(13)6(2)7(3)11/h6H,4H2,1-3H3/i4D. The summed E-state index contributed by atoms with van der Waals surface area (Å²) in [7, 11) is 0. The number of ketones is 2. The number of carbonyl (C=O) groups is 4. The van der Waals surface area contributed by atoms with Gasteiger partial charge >= 0.3 is 11.9 Å². The van der Waals surface area contributed by atoms with E-state index in [1.54, 1.807) is 0 Å². The van der Waals surface area contributed by atoms with Crippen molar-refractivity contribution in [2.75, 3.05) is 0 Å². The van der Waals surface area contributed by atoms with Gasteiger partial charge in [-0.15, -0.1) is 0 Å². The molecule has 5 nitrogen and oxygen atoms in total. The number of Topliss-reactive ketones (excluding diaryl/α,β-unsaturated/α-hetero) is 2. The SMILES string of the molecule is [2H]C(C(C)=O)C(=O)OC(=O)C(C)C(C)=O. The molecule has 0 aromatic carbocycles. The summed E-state index contributed by atoms with van der Waals surface area (Å²) >= 11 is 0. The molecule has 0 saturated carbocycles. The Labute approximate surface area is 82.8 Å². The summed E-state index contributed by atoms with van der Waals surface area (Å²) in [5.74, 6) is -4.51. The van der Waals surface area contributed by atoms with Crippen LogP contribution >= 0.6 is 0 Å². The van der Waals surface area contributed by atoms with Gasteiger partial charge in [-0.1, -0.05) is 0 Å². The maximum atomic E-state index is 11.1. The predicted octanol–water partition coefficient (Wildman–Crippen LogP) is 0.260. The van der Waals surface area contributed by atoms with Gasteiger partial charge < -0.3 is 4.74 Å². The Hall–Kier alpha value is -1.52.